The molecule has 0 aliphatic carbocycles. The Hall–Kier alpha value is -1.47. The van der Waals surface area contributed by atoms with E-state index in [0.717, 1.165) is 27.4 Å². The van der Waals surface area contributed by atoms with Gasteiger partial charge < -0.3 is 10.5 Å². The molecule has 0 spiro atoms. The maximum Gasteiger partial charge on any atom is 0.286 e. The Labute approximate surface area is 167 Å². The third kappa shape index (κ3) is 4.58. The topological polar surface area (TPSA) is 64.7 Å². The van der Waals surface area contributed by atoms with Gasteiger partial charge in [-0.3, -0.25) is 4.79 Å². The second kappa shape index (κ2) is 7.83. The van der Waals surface area contributed by atoms with E-state index in [1.807, 2.05) is 24.3 Å². The van der Waals surface area contributed by atoms with Crippen LogP contribution in [0.4, 0.5) is 0 Å². The number of nitrogens with two attached hydrogens (primary N) is 1. The highest BCUT2D eigenvalue weighted by Gasteiger charge is 2.19. The number of aliphatic imine (C=N–C) groups is 1. The zero-order chi connectivity index (χ0) is 18.0. The molecular weight excluding hydrogens is 447 g/mol. The molecule has 4 nitrogen and oxygen atoms in total. The molecule has 2 aromatic rings. The highest BCUT2D eigenvalue weighted by Crippen LogP contribution is 2.31. The van der Waals surface area contributed by atoms with Crippen LogP contribution < -0.4 is 10.5 Å². The Kier molecular flexibility index (Phi) is 5.74. The molecule has 0 unspecified atom stereocenters. The van der Waals surface area contributed by atoms with Crippen LogP contribution >= 0.6 is 50.9 Å². The summed E-state index contributed by atoms with van der Waals surface area (Å²) in [5.41, 5.74) is 7.22. The molecule has 1 aliphatic rings. The molecule has 0 atom stereocenters. The van der Waals surface area contributed by atoms with Crippen molar-refractivity contribution in [2.45, 2.75) is 6.61 Å². The van der Waals surface area contributed by atoms with E-state index >= 15 is 0 Å². The van der Waals surface area contributed by atoms with Crippen molar-refractivity contribution >= 4 is 68.0 Å². The van der Waals surface area contributed by atoms with E-state index in [-0.39, 0.29) is 11.1 Å². The van der Waals surface area contributed by atoms with Crippen LogP contribution in [0.2, 0.25) is 10.0 Å². The van der Waals surface area contributed by atoms with E-state index in [4.69, 9.17) is 33.7 Å². The lowest BCUT2D eigenvalue weighted by molar-refractivity contribution is -0.113. The Morgan fingerprint density at radius 3 is 2.68 bits per heavy atom. The van der Waals surface area contributed by atoms with Crippen LogP contribution in [0, 0.1) is 0 Å². The normalized spacial score (nSPS) is 15.6. The van der Waals surface area contributed by atoms with Crippen molar-refractivity contribution in [3.05, 3.63) is 66.9 Å². The van der Waals surface area contributed by atoms with E-state index in [1.165, 1.54) is 0 Å². The molecule has 25 heavy (non-hydrogen) atoms. The number of thioether (sulfide) groups is 1. The molecule has 0 radical (unpaired) electrons. The average molecular weight is 458 g/mol. The van der Waals surface area contributed by atoms with Gasteiger partial charge in [0, 0.05) is 15.6 Å². The molecule has 2 aromatic carbocycles. The fourth-order valence-electron chi connectivity index (χ4n) is 2.10. The van der Waals surface area contributed by atoms with Crippen molar-refractivity contribution in [3.8, 4) is 5.75 Å². The van der Waals surface area contributed by atoms with Gasteiger partial charge in [0.25, 0.3) is 5.91 Å². The van der Waals surface area contributed by atoms with Crippen molar-refractivity contribution in [1.29, 1.82) is 0 Å². The second-order valence-corrected chi connectivity index (χ2v) is 7.84. The number of nitrogens with zero attached hydrogens (tertiary/aromatic N) is 1. The molecule has 0 fully saturated rings. The predicted octanol–water partition coefficient (Wildman–Crippen LogP) is 5.26. The SMILES string of the molecule is NC1=NC(=O)/C(=C/c2ccc(OCc3ccc(Cl)cc3Cl)c(Br)c2)S1. The molecule has 1 amide bonds. The molecule has 1 heterocycles. The standard InChI is InChI=1S/C17H11BrCl2N2O2S/c18-12-5-9(6-15-16(23)22-17(21)25-15)1-4-14(12)24-8-10-2-3-11(19)7-13(10)20/h1-7H,8H2,(H2,21,22,23)/b15-6-. The number of hydrogen-bond acceptors (Lipinski definition) is 4. The minimum atomic E-state index is -0.323. The number of amides is 1. The molecule has 1 aliphatic heterocycles. The number of halogens is 3. The molecule has 3 rings (SSSR count). The maximum absolute atomic E-state index is 11.6. The van der Waals surface area contributed by atoms with Gasteiger partial charge in [-0.05, 0) is 63.6 Å². The van der Waals surface area contributed by atoms with Crippen molar-refractivity contribution in [1.82, 2.24) is 0 Å². The first-order chi connectivity index (χ1) is 11.9. The number of carbonyl (C=O) groups is 1. The minimum Gasteiger partial charge on any atom is -0.488 e. The van der Waals surface area contributed by atoms with Crippen LogP contribution in [0.15, 0.2) is 50.8 Å². The van der Waals surface area contributed by atoms with Crippen LogP contribution in [0.3, 0.4) is 0 Å². The van der Waals surface area contributed by atoms with Gasteiger partial charge in [0.15, 0.2) is 5.17 Å². The van der Waals surface area contributed by atoms with Crippen molar-refractivity contribution in [3.63, 3.8) is 0 Å². The Balaban J connectivity index is 1.72. The second-order valence-electron chi connectivity index (χ2n) is 5.08. The number of ether oxygens (including phenoxy) is 1. The smallest absolute Gasteiger partial charge is 0.286 e. The zero-order valence-corrected chi connectivity index (χ0v) is 16.5. The summed E-state index contributed by atoms with van der Waals surface area (Å²) >= 11 is 16.7. The first kappa shape index (κ1) is 18.3. The monoisotopic (exact) mass is 456 g/mol. The quantitative estimate of drug-likeness (QED) is 0.635. The molecule has 128 valence electrons. The average Bonchev–Trinajstić information content (AvgIpc) is 2.85. The third-order valence-electron chi connectivity index (χ3n) is 3.29. The zero-order valence-electron chi connectivity index (χ0n) is 12.6. The lowest BCUT2D eigenvalue weighted by atomic mass is 10.2. The Morgan fingerprint density at radius 2 is 2.04 bits per heavy atom. The first-order valence-corrected chi connectivity index (χ1v) is 9.43. The summed E-state index contributed by atoms with van der Waals surface area (Å²) in [6, 6.07) is 10.8. The van der Waals surface area contributed by atoms with Crippen molar-refractivity contribution in [2.24, 2.45) is 10.7 Å². The van der Waals surface area contributed by atoms with Crippen LogP contribution in [-0.4, -0.2) is 11.1 Å². The van der Waals surface area contributed by atoms with E-state index in [1.54, 1.807) is 18.2 Å². The highest BCUT2D eigenvalue weighted by atomic mass is 79.9. The fraction of sp³-hybridized carbons (Fsp3) is 0.0588. The molecule has 0 saturated heterocycles. The summed E-state index contributed by atoms with van der Waals surface area (Å²) in [5, 5.41) is 1.39. The van der Waals surface area contributed by atoms with Gasteiger partial charge in [0.2, 0.25) is 0 Å². The molecule has 0 aromatic heterocycles. The summed E-state index contributed by atoms with van der Waals surface area (Å²) in [6.45, 7) is 0.313. The minimum absolute atomic E-state index is 0.259. The molecule has 0 bridgehead atoms. The number of carbonyl (C=O) groups excluding carboxylic acids is 1. The largest absolute Gasteiger partial charge is 0.488 e. The summed E-state index contributed by atoms with van der Waals surface area (Å²) in [7, 11) is 0. The van der Waals surface area contributed by atoms with Crippen molar-refractivity contribution < 1.29 is 9.53 Å². The highest BCUT2D eigenvalue weighted by molar-refractivity contribution is 9.10. The number of benzene rings is 2. The number of hydrogen-bond donors (Lipinski definition) is 1. The lowest BCUT2D eigenvalue weighted by Gasteiger charge is -2.10. The van der Waals surface area contributed by atoms with Gasteiger partial charge in [0.1, 0.15) is 12.4 Å². The summed E-state index contributed by atoms with van der Waals surface area (Å²) in [4.78, 5) is 15.8. The molecule has 8 heteroatoms. The summed E-state index contributed by atoms with van der Waals surface area (Å²) in [5.74, 6) is 0.339. The maximum atomic E-state index is 11.6. The Morgan fingerprint density at radius 1 is 1.24 bits per heavy atom. The number of amidine groups is 1. The van der Waals surface area contributed by atoms with E-state index < -0.39 is 0 Å². The van der Waals surface area contributed by atoms with Gasteiger partial charge in [-0.15, -0.1) is 0 Å². The lowest BCUT2D eigenvalue weighted by Crippen LogP contribution is -2.01. The Bertz CT molecular complexity index is 916. The van der Waals surface area contributed by atoms with Gasteiger partial charge in [-0.1, -0.05) is 35.3 Å². The van der Waals surface area contributed by atoms with E-state index in [0.29, 0.717) is 27.3 Å². The molecule has 2 N–H and O–H groups in total. The van der Waals surface area contributed by atoms with Crippen LogP contribution in [-0.2, 0) is 11.4 Å². The van der Waals surface area contributed by atoms with E-state index in [2.05, 4.69) is 20.9 Å². The summed E-state index contributed by atoms with van der Waals surface area (Å²) < 4.78 is 6.56. The molecule has 0 saturated carbocycles. The number of rotatable bonds is 4. The first-order valence-electron chi connectivity index (χ1n) is 7.06. The van der Waals surface area contributed by atoms with Gasteiger partial charge in [-0.25, -0.2) is 0 Å². The fourth-order valence-corrected chi connectivity index (χ4v) is 3.75. The van der Waals surface area contributed by atoms with Crippen LogP contribution in [0.25, 0.3) is 6.08 Å². The summed E-state index contributed by atoms with van der Waals surface area (Å²) in [6.07, 6.45) is 1.74. The van der Waals surface area contributed by atoms with Crippen LogP contribution in [0.5, 0.6) is 5.75 Å². The third-order valence-corrected chi connectivity index (χ3v) is 5.31. The molecular formula is C17H11BrCl2N2O2S. The predicted molar refractivity (Wildman–Crippen MR) is 107 cm³/mol. The van der Waals surface area contributed by atoms with E-state index in [9.17, 15) is 4.79 Å². The van der Waals surface area contributed by atoms with Crippen LogP contribution in [0.1, 0.15) is 11.1 Å². The van der Waals surface area contributed by atoms with Crippen molar-refractivity contribution in [2.75, 3.05) is 0 Å². The van der Waals surface area contributed by atoms with Gasteiger partial charge in [0.05, 0.1) is 9.38 Å². The van der Waals surface area contributed by atoms with Gasteiger partial charge in [-0.2, -0.15) is 4.99 Å². The van der Waals surface area contributed by atoms with Gasteiger partial charge >= 0.3 is 0 Å².